The molecule has 1 amide bonds. The highest BCUT2D eigenvalue weighted by Crippen LogP contribution is 2.29. The molecule has 3 aromatic rings. The Bertz CT molecular complexity index is 1050. The number of aryl methyl sites for hydroxylation is 1. The maximum Gasteiger partial charge on any atom is 0.417 e. The van der Waals surface area contributed by atoms with E-state index < -0.39 is 11.7 Å². The van der Waals surface area contributed by atoms with E-state index in [2.05, 4.69) is 25.5 Å². The van der Waals surface area contributed by atoms with Crippen LogP contribution in [0.5, 0.6) is 0 Å². The topological polar surface area (TPSA) is 88.8 Å². The van der Waals surface area contributed by atoms with Gasteiger partial charge >= 0.3 is 6.18 Å². The molecule has 1 atom stereocenters. The number of aromatic nitrogens is 5. The fraction of sp³-hybridized carbons (Fsp3) is 0.350. The number of anilines is 1. The molecule has 31 heavy (non-hydrogen) atoms. The maximum atomic E-state index is 13.2. The van der Waals surface area contributed by atoms with Crippen molar-refractivity contribution in [3.63, 3.8) is 0 Å². The zero-order chi connectivity index (χ0) is 22.0. The number of carbonyl (C=O) groups excluding carboxylic acids is 1. The fourth-order valence-electron chi connectivity index (χ4n) is 3.49. The van der Waals surface area contributed by atoms with E-state index in [1.807, 2.05) is 0 Å². The molecular formula is C20H20F3N7O. The zero-order valence-corrected chi connectivity index (χ0v) is 16.7. The third kappa shape index (κ3) is 4.65. The molecule has 1 aliphatic heterocycles. The molecular weight excluding hydrogens is 411 g/mol. The molecule has 0 radical (unpaired) electrons. The van der Waals surface area contributed by atoms with Gasteiger partial charge < -0.3 is 10.2 Å². The zero-order valence-electron chi connectivity index (χ0n) is 16.7. The van der Waals surface area contributed by atoms with Gasteiger partial charge in [-0.25, -0.2) is 9.97 Å². The van der Waals surface area contributed by atoms with Crippen molar-refractivity contribution in [2.75, 3.05) is 18.4 Å². The van der Waals surface area contributed by atoms with E-state index >= 15 is 0 Å². The number of amides is 1. The molecule has 1 saturated heterocycles. The van der Waals surface area contributed by atoms with E-state index in [0.29, 0.717) is 30.3 Å². The lowest BCUT2D eigenvalue weighted by Gasteiger charge is -2.33. The molecule has 8 nitrogen and oxygen atoms in total. The lowest BCUT2D eigenvalue weighted by atomic mass is 10.0. The average molecular weight is 431 g/mol. The number of alkyl halides is 3. The number of pyridine rings is 2. The molecule has 0 aliphatic carbocycles. The third-order valence-electron chi connectivity index (χ3n) is 5.00. The standard InChI is InChI=1S/C20H20F3N7O/c1-13-4-6-16(30-25-8-9-26-30)18(27-13)19(31)29-10-2-3-15(12-29)28-17-7-5-14(11-24-17)20(21,22)23/h4-9,11,15H,2-3,10,12H2,1H3,(H,24,28). The summed E-state index contributed by atoms with van der Waals surface area (Å²) in [5, 5.41) is 11.3. The number of piperidine rings is 1. The minimum atomic E-state index is -4.43. The fourth-order valence-corrected chi connectivity index (χ4v) is 3.49. The van der Waals surface area contributed by atoms with Crippen molar-refractivity contribution < 1.29 is 18.0 Å². The molecule has 162 valence electrons. The third-order valence-corrected chi connectivity index (χ3v) is 5.00. The van der Waals surface area contributed by atoms with Crippen LogP contribution in [0.25, 0.3) is 5.69 Å². The van der Waals surface area contributed by atoms with Crippen LogP contribution in [0.1, 0.15) is 34.6 Å². The Morgan fingerprint density at radius 1 is 1.16 bits per heavy atom. The first-order valence-corrected chi connectivity index (χ1v) is 9.74. The molecule has 0 saturated carbocycles. The van der Waals surface area contributed by atoms with Gasteiger partial charge in [0.15, 0.2) is 5.69 Å². The van der Waals surface area contributed by atoms with Crippen LogP contribution in [0.15, 0.2) is 42.9 Å². The number of nitrogens with one attached hydrogen (secondary N) is 1. The van der Waals surface area contributed by atoms with Crippen LogP contribution in [0, 0.1) is 6.92 Å². The Balaban J connectivity index is 1.49. The van der Waals surface area contributed by atoms with Gasteiger partial charge in [-0.15, -0.1) is 4.80 Å². The largest absolute Gasteiger partial charge is 0.417 e. The summed E-state index contributed by atoms with van der Waals surface area (Å²) in [6.45, 7) is 2.73. The summed E-state index contributed by atoms with van der Waals surface area (Å²) in [6.07, 6.45) is 0.917. The summed E-state index contributed by atoms with van der Waals surface area (Å²) in [5.41, 5.74) is 0.633. The highest BCUT2D eigenvalue weighted by atomic mass is 19.4. The molecule has 0 spiro atoms. The van der Waals surface area contributed by atoms with Gasteiger partial charge in [-0.2, -0.15) is 23.4 Å². The minimum Gasteiger partial charge on any atom is -0.366 e. The number of nitrogens with zero attached hydrogens (tertiary/aromatic N) is 6. The number of rotatable bonds is 4. The Morgan fingerprint density at radius 3 is 2.61 bits per heavy atom. The van der Waals surface area contributed by atoms with Gasteiger partial charge in [0.05, 0.1) is 18.0 Å². The van der Waals surface area contributed by atoms with Gasteiger partial charge in [-0.3, -0.25) is 4.79 Å². The summed E-state index contributed by atoms with van der Waals surface area (Å²) in [6, 6.07) is 5.68. The van der Waals surface area contributed by atoms with E-state index in [-0.39, 0.29) is 17.6 Å². The van der Waals surface area contributed by atoms with E-state index in [0.717, 1.165) is 25.1 Å². The van der Waals surface area contributed by atoms with Gasteiger partial charge in [0.1, 0.15) is 11.5 Å². The molecule has 1 N–H and O–H groups in total. The first kappa shape index (κ1) is 20.8. The summed E-state index contributed by atoms with van der Waals surface area (Å²) < 4.78 is 38.2. The van der Waals surface area contributed by atoms with Crippen molar-refractivity contribution in [1.29, 1.82) is 0 Å². The summed E-state index contributed by atoms with van der Waals surface area (Å²) in [7, 11) is 0. The lowest BCUT2D eigenvalue weighted by molar-refractivity contribution is -0.137. The quantitative estimate of drug-likeness (QED) is 0.683. The lowest BCUT2D eigenvalue weighted by Crippen LogP contribution is -2.45. The van der Waals surface area contributed by atoms with Crippen LogP contribution < -0.4 is 5.32 Å². The van der Waals surface area contributed by atoms with Crippen LogP contribution >= 0.6 is 0 Å². The van der Waals surface area contributed by atoms with Crippen molar-refractivity contribution in [3.05, 3.63) is 59.8 Å². The van der Waals surface area contributed by atoms with Gasteiger partial charge in [-0.05, 0) is 44.0 Å². The van der Waals surface area contributed by atoms with Gasteiger partial charge in [0.25, 0.3) is 5.91 Å². The Kier molecular flexibility index (Phi) is 5.57. The van der Waals surface area contributed by atoms with Crippen molar-refractivity contribution in [3.8, 4) is 5.69 Å². The van der Waals surface area contributed by atoms with E-state index in [1.165, 1.54) is 23.3 Å². The van der Waals surface area contributed by atoms with Gasteiger partial charge in [-0.1, -0.05) is 0 Å². The number of hydrogen-bond donors (Lipinski definition) is 1. The average Bonchev–Trinajstić information content (AvgIpc) is 3.28. The SMILES string of the molecule is Cc1ccc(-n2nccn2)c(C(=O)N2CCCC(Nc3ccc(C(F)(F)F)cn3)C2)n1. The Morgan fingerprint density at radius 2 is 1.94 bits per heavy atom. The monoisotopic (exact) mass is 431 g/mol. The van der Waals surface area contributed by atoms with Crippen molar-refractivity contribution in [1.82, 2.24) is 29.9 Å². The normalized spacial score (nSPS) is 16.9. The van der Waals surface area contributed by atoms with Crippen molar-refractivity contribution in [2.24, 2.45) is 0 Å². The molecule has 1 fully saturated rings. The first-order chi connectivity index (χ1) is 14.8. The van der Waals surface area contributed by atoms with E-state index in [4.69, 9.17) is 0 Å². The van der Waals surface area contributed by atoms with Crippen molar-refractivity contribution in [2.45, 2.75) is 32.0 Å². The number of likely N-dealkylation sites (tertiary alicyclic amines) is 1. The Labute approximate surface area is 176 Å². The van der Waals surface area contributed by atoms with Gasteiger partial charge in [0.2, 0.25) is 0 Å². The summed E-state index contributed by atoms with van der Waals surface area (Å²) in [4.78, 5) is 24.6. The number of hydrogen-bond acceptors (Lipinski definition) is 6. The highest BCUT2D eigenvalue weighted by Gasteiger charge is 2.31. The molecule has 1 aliphatic rings. The molecule has 4 rings (SSSR count). The summed E-state index contributed by atoms with van der Waals surface area (Å²) >= 11 is 0. The first-order valence-electron chi connectivity index (χ1n) is 9.74. The molecule has 0 bridgehead atoms. The predicted molar refractivity (Wildman–Crippen MR) is 106 cm³/mol. The predicted octanol–water partition coefficient (Wildman–Crippen LogP) is 3.10. The smallest absolute Gasteiger partial charge is 0.366 e. The molecule has 0 aromatic carbocycles. The van der Waals surface area contributed by atoms with E-state index in [9.17, 15) is 18.0 Å². The second-order valence-corrected chi connectivity index (χ2v) is 7.30. The highest BCUT2D eigenvalue weighted by molar-refractivity contribution is 5.96. The van der Waals surface area contributed by atoms with Crippen LogP contribution in [0.2, 0.25) is 0 Å². The van der Waals surface area contributed by atoms with Crippen LogP contribution in [-0.4, -0.2) is 54.9 Å². The minimum absolute atomic E-state index is 0.141. The van der Waals surface area contributed by atoms with Crippen molar-refractivity contribution >= 4 is 11.7 Å². The summed E-state index contributed by atoms with van der Waals surface area (Å²) in [5.74, 6) is 0.0882. The molecule has 1 unspecified atom stereocenters. The second kappa shape index (κ2) is 8.32. The van der Waals surface area contributed by atoms with Crippen LogP contribution in [0.4, 0.5) is 19.0 Å². The van der Waals surface area contributed by atoms with Crippen LogP contribution in [0.3, 0.4) is 0 Å². The number of carbonyl (C=O) groups is 1. The Hall–Kier alpha value is -3.50. The molecule has 3 aromatic heterocycles. The van der Waals surface area contributed by atoms with Gasteiger partial charge in [0, 0.05) is 31.0 Å². The van der Waals surface area contributed by atoms with Crippen LogP contribution in [-0.2, 0) is 6.18 Å². The van der Waals surface area contributed by atoms with E-state index in [1.54, 1.807) is 24.0 Å². The molecule has 11 heteroatoms. The maximum absolute atomic E-state index is 13.2. The second-order valence-electron chi connectivity index (χ2n) is 7.30. The number of halogens is 3. The molecule has 4 heterocycles.